The molecule has 0 radical (unpaired) electrons. The van der Waals surface area contributed by atoms with Crippen LogP contribution in [0, 0.1) is 5.41 Å². The minimum Gasteiger partial charge on any atom is -0.396 e. The van der Waals surface area contributed by atoms with Gasteiger partial charge in [0.05, 0.1) is 6.61 Å². The van der Waals surface area contributed by atoms with Crippen molar-refractivity contribution in [3.05, 3.63) is 11.6 Å². The average Bonchev–Trinajstić information content (AvgIpc) is 1.84. The molecule has 0 rings (SSSR count). The number of aliphatic hydroxyl groups excluding tert-OH is 2. The molecule has 0 aromatic heterocycles. The van der Waals surface area contributed by atoms with Crippen molar-refractivity contribution < 1.29 is 10.2 Å². The quantitative estimate of drug-likeness (QED) is 0.634. The summed E-state index contributed by atoms with van der Waals surface area (Å²) in [6, 6.07) is 0. The fraction of sp³-hybridized carbons (Fsp3) is 0.800. The molecule has 0 unspecified atom stereocenters. The normalized spacial score (nSPS) is 13.6. The standard InChI is InChI=1S/C10H20O2/c1-10(2,3)8-9(4-6-11)5-7-12/h4,11-12H,5-8H2,1-3H3. The first kappa shape index (κ1) is 11.7. The molecule has 0 saturated heterocycles. The molecule has 0 aliphatic heterocycles. The molecule has 0 fully saturated rings. The van der Waals surface area contributed by atoms with Gasteiger partial charge in [-0.25, -0.2) is 0 Å². The van der Waals surface area contributed by atoms with E-state index >= 15 is 0 Å². The Hall–Kier alpha value is -0.340. The lowest BCUT2D eigenvalue weighted by atomic mass is 9.87. The third-order valence-corrected chi connectivity index (χ3v) is 1.57. The topological polar surface area (TPSA) is 40.5 Å². The van der Waals surface area contributed by atoms with Crippen molar-refractivity contribution in [2.45, 2.75) is 33.6 Å². The summed E-state index contributed by atoms with van der Waals surface area (Å²) in [6.07, 6.45) is 3.41. The molecule has 0 saturated carbocycles. The third kappa shape index (κ3) is 6.38. The van der Waals surface area contributed by atoms with E-state index in [1.54, 1.807) is 6.08 Å². The van der Waals surface area contributed by atoms with Crippen LogP contribution in [0.3, 0.4) is 0 Å². The maximum absolute atomic E-state index is 8.74. The Balaban J connectivity index is 4.05. The monoisotopic (exact) mass is 172 g/mol. The fourth-order valence-electron chi connectivity index (χ4n) is 1.22. The molecular weight excluding hydrogens is 152 g/mol. The number of hydrogen-bond acceptors (Lipinski definition) is 2. The smallest absolute Gasteiger partial charge is 0.0615 e. The van der Waals surface area contributed by atoms with Crippen molar-refractivity contribution in [1.29, 1.82) is 0 Å². The van der Waals surface area contributed by atoms with Crippen LogP contribution in [0.25, 0.3) is 0 Å². The van der Waals surface area contributed by atoms with E-state index in [2.05, 4.69) is 20.8 Å². The molecule has 2 heteroatoms. The first-order chi connectivity index (χ1) is 5.49. The van der Waals surface area contributed by atoms with Crippen molar-refractivity contribution in [3.8, 4) is 0 Å². The molecule has 12 heavy (non-hydrogen) atoms. The summed E-state index contributed by atoms with van der Waals surface area (Å²) in [5, 5.41) is 17.4. The van der Waals surface area contributed by atoms with Gasteiger partial charge in [-0.1, -0.05) is 32.4 Å². The van der Waals surface area contributed by atoms with Gasteiger partial charge in [-0.15, -0.1) is 0 Å². The summed E-state index contributed by atoms with van der Waals surface area (Å²) in [6.45, 7) is 6.69. The highest BCUT2D eigenvalue weighted by molar-refractivity contribution is 5.04. The minimum atomic E-state index is 0.0748. The number of rotatable bonds is 4. The zero-order valence-electron chi connectivity index (χ0n) is 8.30. The lowest BCUT2D eigenvalue weighted by Gasteiger charge is -2.19. The van der Waals surface area contributed by atoms with E-state index in [1.807, 2.05) is 0 Å². The van der Waals surface area contributed by atoms with Gasteiger partial charge in [-0.2, -0.15) is 0 Å². The zero-order valence-corrected chi connectivity index (χ0v) is 8.30. The molecule has 2 nitrogen and oxygen atoms in total. The van der Waals surface area contributed by atoms with Gasteiger partial charge in [0.2, 0.25) is 0 Å². The average molecular weight is 172 g/mol. The van der Waals surface area contributed by atoms with Crippen LogP contribution >= 0.6 is 0 Å². The van der Waals surface area contributed by atoms with Crippen LogP contribution in [0.5, 0.6) is 0 Å². The fourth-order valence-corrected chi connectivity index (χ4v) is 1.22. The van der Waals surface area contributed by atoms with Crippen LogP contribution in [-0.2, 0) is 0 Å². The maximum Gasteiger partial charge on any atom is 0.0615 e. The summed E-state index contributed by atoms with van der Waals surface area (Å²) in [5.74, 6) is 0. The molecule has 0 amide bonds. The van der Waals surface area contributed by atoms with E-state index in [0.29, 0.717) is 6.42 Å². The molecule has 0 spiro atoms. The van der Waals surface area contributed by atoms with Gasteiger partial charge in [-0.05, 0) is 18.3 Å². The van der Waals surface area contributed by atoms with Crippen molar-refractivity contribution >= 4 is 0 Å². The van der Waals surface area contributed by atoms with Crippen LogP contribution in [0.15, 0.2) is 11.6 Å². The van der Waals surface area contributed by atoms with Crippen LogP contribution in [-0.4, -0.2) is 23.4 Å². The summed E-state index contributed by atoms with van der Waals surface area (Å²) < 4.78 is 0. The zero-order chi connectivity index (χ0) is 9.61. The molecule has 0 bridgehead atoms. The highest BCUT2D eigenvalue weighted by Gasteiger charge is 2.12. The predicted octanol–water partition coefficient (Wildman–Crippen LogP) is 1.72. The van der Waals surface area contributed by atoms with Gasteiger partial charge < -0.3 is 10.2 Å². The van der Waals surface area contributed by atoms with Gasteiger partial charge in [0.25, 0.3) is 0 Å². The van der Waals surface area contributed by atoms with E-state index in [4.69, 9.17) is 10.2 Å². The summed E-state index contributed by atoms with van der Waals surface area (Å²) in [7, 11) is 0. The largest absolute Gasteiger partial charge is 0.396 e. The van der Waals surface area contributed by atoms with Gasteiger partial charge in [0.15, 0.2) is 0 Å². The first-order valence-electron chi connectivity index (χ1n) is 4.39. The third-order valence-electron chi connectivity index (χ3n) is 1.57. The molecule has 0 aliphatic rings. The molecule has 0 aliphatic carbocycles. The lowest BCUT2D eigenvalue weighted by Crippen LogP contribution is -2.07. The van der Waals surface area contributed by atoms with Crippen molar-refractivity contribution in [1.82, 2.24) is 0 Å². The Bertz CT molecular complexity index is 142. The summed E-state index contributed by atoms with van der Waals surface area (Å²) in [4.78, 5) is 0. The molecule has 0 aromatic carbocycles. The van der Waals surface area contributed by atoms with Crippen LogP contribution in [0.4, 0.5) is 0 Å². The van der Waals surface area contributed by atoms with Crippen LogP contribution in [0.2, 0.25) is 0 Å². The van der Waals surface area contributed by atoms with Crippen LogP contribution in [0.1, 0.15) is 33.6 Å². The Morgan fingerprint density at radius 1 is 1.25 bits per heavy atom. The highest BCUT2D eigenvalue weighted by Crippen LogP contribution is 2.25. The molecule has 0 heterocycles. The Kier molecular flexibility index (Phi) is 5.18. The second-order valence-corrected chi connectivity index (χ2v) is 4.26. The predicted molar refractivity (Wildman–Crippen MR) is 50.9 cm³/mol. The number of hydrogen-bond donors (Lipinski definition) is 2. The van der Waals surface area contributed by atoms with Gasteiger partial charge in [0, 0.05) is 6.61 Å². The SMILES string of the molecule is CC(C)(C)CC(=CCO)CCO. The summed E-state index contributed by atoms with van der Waals surface area (Å²) >= 11 is 0. The molecule has 0 atom stereocenters. The van der Waals surface area contributed by atoms with Gasteiger partial charge in [0.1, 0.15) is 0 Å². The molecule has 2 N–H and O–H groups in total. The maximum atomic E-state index is 8.74. The molecule has 72 valence electrons. The van der Waals surface area contributed by atoms with E-state index in [0.717, 1.165) is 12.0 Å². The lowest BCUT2D eigenvalue weighted by molar-refractivity contribution is 0.289. The van der Waals surface area contributed by atoms with E-state index in [9.17, 15) is 0 Å². The second kappa shape index (κ2) is 5.33. The molecular formula is C10H20O2. The summed E-state index contributed by atoms with van der Waals surface area (Å²) in [5.41, 5.74) is 1.38. The van der Waals surface area contributed by atoms with Crippen LogP contribution < -0.4 is 0 Å². The first-order valence-corrected chi connectivity index (χ1v) is 4.39. The van der Waals surface area contributed by atoms with Crippen molar-refractivity contribution in [3.63, 3.8) is 0 Å². The highest BCUT2D eigenvalue weighted by atomic mass is 16.3. The van der Waals surface area contributed by atoms with Gasteiger partial charge in [-0.3, -0.25) is 0 Å². The second-order valence-electron chi connectivity index (χ2n) is 4.26. The van der Waals surface area contributed by atoms with E-state index < -0.39 is 0 Å². The Morgan fingerprint density at radius 2 is 1.83 bits per heavy atom. The van der Waals surface area contributed by atoms with Crippen molar-refractivity contribution in [2.24, 2.45) is 5.41 Å². The van der Waals surface area contributed by atoms with E-state index in [-0.39, 0.29) is 18.6 Å². The number of aliphatic hydroxyl groups is 2. The molecule has 0 aromatic rings. The van der Waals surface area contributed by atoms with E-state index in [1.165, 1.54) is 0 Å². The van der Waals surface area contributed by atoms with Gasteiger partial charge >= 0.3 is 0 Å². The minimum absolute atomic E-state index is 0.0748. The Morgan fingerprint density at radius 3 is 2.17 bits per heavy atom. The van der Waals surface area contributed by atoms with Crippen molar-refractivity contribution in [2.75, 3.05) is 13.2 Å². The Labute approximate surface area is 74.9 Å².